The van der Waals surface area contributed by atoms with E-state index in [0.29, 0.717) is 0 Å². The van der Waals surface area contributed by atoms with Crippen molar-refractivity contribution >= 4 is 22.4 Å². The van der Waals surface area contributed by atoms with Crippen molar-refractivity contribution in [2.45, 2.75) is 18.9 Å². The third-order valence-corrected chi connectivity index (χ3v) is 3.72. The summed E-state index contributed by atoms with van der Waals surface area (Å²) >= 11 is 0. The maximum atomic E-state index is 11.0. The Morgan fingerprint density at radius 2 is 1.89 bits per heavy atom. The van der Waals surface area contributed by atoms with Gasteiger partial charge in [0.25, 0.3) is 0 Å². The number of nitrogens with one attached hydrogen (secondary N) is 1. The van der Waals surface area contributed by atoms with Gasteiger partial charge in [-0.1, -0.05) is 36.4 Å². The number of carboxylic acid groups (broad SMARTS) is 1. The largest absolute Gasteiger partial charge is 0.481 e. The highest BCUT2D eigenvalue weighted by molar-refractivity contribution is 5.94. The van der Waals surface area contributed by atoms with Crippen LogP contribution in [0.5, 0.6) is 0 Å². The first-order chi connectivity index (χ1) is 8.75. The standard InChI is InChI=1S/C15H15NO2/c17-15(18)12-8-9-14(12)16-13-7-3-5-10-4-1-2-6-11(10)13/h1-7,12,14,16H,8-9H2,(H,17,18). The fraction of sp³-hybridized carbons (Fsp3) is 0.267. The number of rotatable bonds is 3. The van der Waals surface area contributed by atoms with E-state index in [1.54, 1.807) is 0 Å². The van der Waals surface area contributed by atoms with Crippen LogP contribution in [0.2, 0.25) is 0 Å². The number of hydrogen-bond acceptors (Lipinski definition) is 2. The molecule has 2 atom stereocenters. The molecule has 18 heavy (non-hydrogen) atoms. The fourth-order valence-corrected chi connectivity index (χ4v) is 2.52. The summed E-state index contributed by atoms with van der Waals surface area (Å²) in [6.45, 7) is 0. The Hall–Kier alpha value is -2.03. The number of benzene rings is 2. The molecule has 0 bridgehead atoms. The summed E-state index contributed by atoms with van der Waals surface area (Å²) in [6.07, 6.45) is 1.71. The highest BCUT2D eigenvalue weighted by atomic mass is 16.4. The van der Waals surface area contributed by atoms with Crippen molar-refractivity contribution in [1.82, 2.24) is 0 Å². The summed E-state index contributed by atoms with van der Waals surface area (Å²) < 4.78 is 0. The van der Waals surface area contributed by atoms with Gasteiger partial charge < -0.3 is 10.4 Å². The second-order valence-corrected chi connectivity index (χ2v) is 4.80. The fourth-order valence-electron chi connectivity index (χ4n) is 2.52. The molecule has 1 fully saturated rings. The van der Waals surface area contributed by atoms with Gasteiger partial charge in [-0.2, -0.15) is 0 Å². The zero-order chi connectivity index (χ0) is 12.5. The Morgan fingerprint density at radius 1 is 1.11 bits per heavy atom. The van der Waals surface area contributed by atoms with Crippen LogP contribution >= 0.6 is 0 Å². The van der Waals surface area contributed by atoms with E-state index in [9.17, 15) is 4.79 Å². The first-order valence-electron chi connectivity index (χ1n) is 6.23. The van der Waals surface area contributed by atoms with Crippen LogP contribution in [0.4, 0.5) is 5.69 Å². The molecule has 2 N–H and O–H groups in total. The van der Waals surface area contributed by atoms with Crippen molar-refractivity contribution in [3.05, 3.63) is 42.5 Å². The normalized spacial score (nSPS) is 22.4. The molecule has 2 aromatic carbocycles. The number of carboxylic acids is 1. The SMILES string of the molecule is O=C(O)C1CCC1Nc1cccc2ccccc12. The zero-order valence-corrected chi connectivity index (χ0v) is 9.97. The summed E-state index contributed by atoms with van der Waals surface area (Å²) in [5.41, 5.74) is 1.03. The summed E-state index contributed by atoms with van der Waals surface area (Å²) in [6, 6.07) is 14.3. The van der Waals surface area contributed by atoms with Gasteiger partial charge in [0.15, 0.2) is 0 Å². The summed E-state index contributed by atoms with van der Waals surface area (Å²) in [5, 5.41) is 14.8. The van der Waals surface area contributed by atoms with Gasteiger partial charge in [0.2, 0.25) is 0 Å². The number of aliphatic carboxylic acids is 1. The van der Waals surface area contributed by atoms with E-state index in [-0.39, 0.29) is 12.0 Å². The molecule has 2 aromatic rings. The Kier molecular flexibility index (Phi) is 2.67. The Labute approximate surface area is 105 Å². The second kappa shape index (κ2) is 4.33. The minimum Gasteiger partial charge on any atom is -0.481 e. The number of anilines is 1. The lowest BCUT2D eigenvalue weighted by molar-refractivity contribution is -0.144. The molecule has 0 saturated heterocycles. The average molecular weight is 241 g/mol. The molecule has 1 aliphatic carbocycles. The highest BCUT2D eigenvalue weighted by Gasteiger charge is 2.36. The van der Waals surface area contributed by atoms with Crippen LogP contribution in [-0.2, 0) is 4.79 Å². The molecule has 1 aliphatic rings. The van der Waals surface area contributed by atoms with Gasteiger partial charge in [-0.25, -0.2) is 0 Å². The van der Waals surface area contributed by atoms with Crippen LogP contribution in [0.15, 0.2) is 42.5 Å². The third-order valence-electron chi connectivity index (χ3n) is 3.72. The minimum atomic E-state index is -0.695. The van der Waals surface area contributed by atoms with E-state index < -0.39 is 5.97 Å². The van der Waals surface area contributed by atoms with Crippen LogP contribution in [0.3, 0.4) is 0 Å². The van der Waals surface area contributed by atoms with E-state index >= 15 is 0 Å². The minimum absolute atomic E-state index is 0.0632. The van der Waals surface area contributed by atoms with Gasteiger partial charge in [-0.3, -0.25) is 4.79 Å². The quantitative estimate of drug-likeness (QED) is 0.868. The first-order valence-corrected chi connectivity index (χ1v) is 6.23. The van der Waals surface area contributed by atoms with Crippen LogP contribution in [0.25, 0.3) is 10.8 Å². The van der Waals surface area contributed by atoms with Crippen molar-refractivity contribution in [2.75, 3.05) is 5.32 Å². The van der Waals surface area contributed by atoms with Crippen LogP contribution in [-0.4, -0.2) is 17.1 Å². The summed E-state index contributed by atoms with van der Waals surface area (Å²) in [7, 11) is 0. The third kappa shape index (κ3) is 1.82. The van der Waals surface area contributed by atoms with Crippen molar-refractivity contribution in [2.24, 2.45) is 5.92 Å². The highest BCUT2D eigenvalue weighted by Crippen LogP contribution is 2.33. The molecule has 2 unspecified atom stereocenters. The van der Waals surface area contributed by atoms with E-state index in [1.165, 1.54) is 5.39 Å². The zero-order valence-electron chi connectivity index (χ0n) is 9.97. The molecular formula is C15H15NO2. The maximum absolute atomic E-state index is 11.0. The van der Waals surface area contributed by atoms with Gasteiger partial charge in [-0.15, -0.1) is 0 Å². The number of fused-ring (bicyclic) bond motifs is 1. The van der Waals surface area contributed by atoms with Crippen LogP contribution in [0, 0.1) is 5.92 Å². The average Bonchev–Trinajstić information content (AvgIpc) is 2.34. The van der Waals surface area contributed by atoms with E-state index in [2.05, 4.69) is 23.5 Å². The lowest BCUT2D eigenvalue weighted by atomic mass is 9.79. The molecule has 0 amide bonds. The molecule has 3 rings (SSSR count). The first kappa shape index (κ1) is 11.1. The van der Waals surface area contributed by atoms with Crippen molar-refractivity contribution in [3.8, 4) is 0 Å². The summed E-state index contributed by atoms with van der Waals surface area (Å²) in [5.74, 6) is -0.942. The molecule has 92 valence electrons. The predicted octanol–water partition coefficient (Wildman–Crippen LogP) is 3.11. The lowest BCUT2D eigenvalue weighted by Crippen LogP contribution is -2.43. The predicted molar refractivity (Wildman–Crippen MR) is 71.7 cm³/mol. The van der Waals surface area contributed by atoms with Gasteiger partial charge in [0.05, 0.1) is 5.92 Å². The van der Waals surface area contributed by atoms with Crippen molar-refractivity contribution in [3.63, 3.8) is 0 Å². The topological polar surface area (TPSA) is 49.3 Å². The molecule has 0 aromatic heterocycles. The van der Waals surface area contributed by atoms with E-state index in [4.69, 9.17) is 5.11 Å². The van der Waals surface area contributed by atoms with Gasteiger partial charge in [0, 0.05) is 17.1 Å². The van der Waals surface area contributed by atoms with Crippen LogP contribution < -0.4 is 5.32 Å². The molecule has 0 spiro atoms. The molecule has 1 saturated carbocycles. The second-order valence-electron chi connectivity index (χ2n) is 4.80. The number of carbonyl (C=O) groups is 1. The molecule has 0 aliphatic heterocycles. The molecular weight excluding hydrogens is 226 g/mol. The van der Waals surface area contributed by atoms with Gasteiger partial charge in [-0.05, 0) is 24.3 Å². The molecule has 0 radical (unpaired) electrons. The lowest BCUT2D eigenvalue weighted by Gasteiger charge is -2.35. The van der Waals surface area contributed by atoms with E-state index in [0.717, 1.165) is 23.9 Å². The Morgan fingerprint density at radius 3 is 2.61 bits per heavy atom. The number of hydrogen-bond donors (Lipinski definition) is 2. The van der Waals surface area contributed by atoms with Crippen LogP contribution in [0.1, 0.15) is 12.8 Å². The van der Waals surface area contributed by atoms with Gasteiger partial charge >= 0.3 is 5.97 Å². The Balaban J connectivity index is 1.89. The Bertz CT molecular complexity index is 589. The van der Waals surface area contributed by atoms with E-state index in [1.807, 2.05) is 24.3 Å². The molecule has 0 heterocycles. The molecule has 3 heteroatoms. The maximum Gasteiger partial charge on any atom is 0.308 e. The van der Waals surface area contributed by atoms with Crippen molar-refractivity contribution in [1.29, 1.82) is 0 Å². The smallest absolute Gasteiger partial charge is 0.308 e. The summed E-state index contributed by atoms with van der Waals surface area (Å²) in [4.78, 5) is 11.0. The van der Waals surface area contributed by atoms with Gasteiger partial charge in [0.1, 0.15) is 0 Å². The molecule has 3 nitrogen and oxygen atoms in total. The monoisotopic (exact) mass is 241 g/mol. The van der Waals surface area contributed by atoms with Crippen molar-refractivity contribution < 1.29 is 9.90 Å².